The molecular weight excluding hydrogens is 268 g/mol. The van der Waals surface area contributed by atoms with Gasteiger partial charge in [0.15, 0.2) is 0 Å². The van der Waals surface area contributed by atoms with Crippen LogP contribution in [0.15, 0.2) is 42.5 Å². The number of fused-ring (bicyclic) bond motifs is 1. The maximum Gasteiger partial charge on any atom is 0.140 e. The van der Waals surface area contributed by atoms with Gasteiger partial charge in [0.2, 0.25) is 0 Å². The second-order valence-corrected chi connectivity index (χ2v) is 6.45. The van der Waals surface area contributed by atoms with Crippen LogP contribution in [-0.4, -0.2) is 9.97 Å². The van der Waals surface area contributed by atoms with E-state index in [0.717, 1.165) is 27.4 Å². The van der Waals surface area contributed by atoms with Crippen molar-refractivity contribution in [3.63, 3.8) is 0 Å². The zero-order chi connectivity index (χ0) is 14.3. The van der Waals surface area contributed by atoms with Crippen LogP contribution in [0.1, 0.15) is 26.3 Å². The van der Waals surface area contributed by atoms with Gasteiger partial charge in [0.05, 0.1) is 16.1 Å². The molecule has 0 aliphatic carbocycles. The first-order chi connectivity index (χ1) is 9.45. The number of imidazole rings is 1. The van der Waals surface area contributed by atoms with Crippen LogP contribution in [-0.2, 0) is 5.41 Å². The molecule has 0 fully saturated rings. The molecule has 0 saturated carbocycles. The minimum atomic E-state index is 0.0886. The summed E-state index contributed by atoms with van der Waals surface area (Å²) < 4.78 is 0. The van der Waals surface area contributed by atoms with Crippen LogP contribution in [0.2, 0.25) is 5.02 Å². The second kappa shape index (κ2) is 4.64. The van der Waals surface area contributed by atoms with Crippen molar-refractivity contribution in [2.75, 3.05) is 0 Å². The SMILES string of the molecule is CC(C)(C)c1ccc(Cl)c(-c2nc3ccccc3[nH]2)c1. The van der Waals surface area contributed by atoms with Gasteiger partial charge in [0.1, 0.15) is 5.82 Å². The highest BCUT2D eigenvalue weighted by Gasteiger charge is 2.17. The van der Waals surface area contributed by atoms with E-state index in [-0.39, 0.29) is 5.41 Å². The second-order valence-electron chi connectivity index (χ2n) is 6.05. The summed E-state index contributed by atoms with van der Waals surface area (Å²) in [6.45, 7) is 6.58. The van der Waals surface area contributed by atoms with Crippen molar-refractivity contribution in [2.24, 2.45) is 0 Å². The highest BCUT2D eigenvalue weighted by Crippen LogP contribution is 2.32. The van der Waals surface area contributed by atoms with Crippen LogP contribution in [0.5, 0.6) is 0 Å². The van der Waals surface area contributed by atoms with Gasteiger partial charge in [-0.3, -0.25) is 0 Å². The van der Waals surface area contributed by atoms with E-state index in [1.807, 2.05) is 30.3 Å². The number of H-pyrrole nitrogens is 1. The molecule has 0 aliphatic heterocycles. The molecule has 102 valence electrons. The minimum absolute atomic E-state index is 0.0886. The number of rotatable bonds is 1. The van der Waals surface area contributed by atoms with Crippen LogP contribution in [0.4, 0.5) is 0 Å². The molecule has 1 N–H and O–H groups in total. The first-order valence-corrected chi connectivity index (χ1v) is 7.08. The lowest BCUT2D eigenvalue weighted by molar-refractivity contribution is 0.590. The number of hydrogen-bond donors (Lipinski definition) is 1. The van der Waals surface area contributed by atoms with Gasteiger partial charge in [0, 0.05) is 5.56 Å². The molecule has 2 nitrogen and oxygen atoms in total. The third-order valence-electron chi connectivity index (χ3n) is 3.48. The maximum absolute atomic E-state index is 6.35. The van der Waals surface area contributed by atoms with E-state index in [0.29, 0.717) is 0 Å². The van der Waals surface area contributed by atoms with Crippen LogP contribution in [0.25, 0.3) is 22.4 Å². The Bertz CT molecular complexity index is 733. The van der Waals surface area contributed by atoms with Gasteiger partial charge in [0.25, 0.3) is 0 Å². The number of benzene rings is 2. The summed E-state index contributed by atoms with van der Waals surface area (Å²) in [6, 6.07) is 14.2. The lowest BCUT2D eigenvalue weighted by Crippen LogP contribution is -2.11. The Labute approximate surface area is 123 Å². The topological polar surface area (TPSA) is 28.7 Å². The average molecular weight is 285 g/mol. The number of hydrogen-bond acceptors (Lipinski definition) is 1. The number of nitrogens with one attached hydrogen (secondary N) is 1. The normalized spacial score (nSPS) is 12.0. The molecule has 3 rings (SSSR count). The third-order valence-corrected chi connectivity index (χ3v) is 3.81. The van der Waals surface area contributed by atoms with Gasteiger partial charge in [-0.1, -0.05) is 50.6 Å². The van der Waals surface area contributed by atoms with E-state index in [2.05, 4.69) is 42.9 Å². The summed E-state index contributed by atoms with van der Waals surface area (Å²) in [5.41, 5.74) is 4.28. The smallest absolute Gasteiger partial charge is 0.140 e. The minimum Gasteiger partial charge on any atom is -0.338 e. The number of para-hydroxylation sites is 2. The molecule has 0 spiro atoms. The molecule has 0 unspecified atom stereocenters. The molecule has 0 atom stereocenters. The summed E-state index contributed by atoms with van der Waals surface area (Å²) in [5.74, 6) is 0.822. The molecule has 0 bridgehead atoms. The molecule has 0 amide bonds. The van der Waals surface area contributed by atoms with Crippen molar-refractivity contribution in [3.8, 4) is 11.4 Å². The van der Waals surface area contributed by atoms with Gasteiger partial charge in [-0.15, -0.1) is 0 Å². The Morgan fingerprint density at radius 3 is 2.50 bits per heavy atom. The Hall–Kier alpha value is -1.80. The molecule has 1 aromatic heterocycles. The molecule has 0 saturated heterocycles. The maximum atomic E-state index is 6.35. The lowest BCUT2D eigenvalue weighted by Gasteiger charge is -2.20. The standard InChI is InChI=1S/C17H17ClN2/c1-17(2,3)11-8-9-13(18)12(10-11)16-19-14-6-4-5-7-15(14)20-16/h4-10H,1-3H3,(H,19,20). The van der Waals surface area contributed by atoms with Crippen molar-refractivity contribution in [2.45, 2.75) is 26.2 Å². The van der Waals surface area contributed by atoms with Crippen LogP contribution >= 0.6 is 11.6 Å². The van der Waals surface area contributed by atoms with Crippen molar-refractivity contribution in [1.82, 2.24) is 9.97 Å². The van der Waals surface area contributed by atoms with Crippen LogP contribution in [0.3, 0.4) is 0 Å². The lowest BCUT2D eigenvalue weighted by atomic mass is 9.86. The number of nitrogens with zero attached hydrogens (tertiary/aromatic N) is 1. The monoisotopic (exact) mass is 284 g/mol. The van der Waals surface area contributed by atoms with Gasteiger partial charge in [-0.25, -0.2) is 4.98 Å². The van der Waals surface area contributed by atoms with E-state index < -0.39 is 0 Å². The van der Waals surface area contributed by atoms with Gasteiger partial charge < -0.3 is 4.98 Å². The predicted octanol–water partition coefficient (Wildman–Crippen LogP) is 5.18. The van der Waals surface area contributed by atoms with Crippen molar-refractivity contribution in [3.05, 3.63) is 53.1 Å². The molecule has 2 aromatic carbocycles. The highest BCUT2D eigenvalue weighted by atomic mass is 35.5. The molecule has 3 aromatic rings. The van der Waals surface area contributed by atoms with Crippen molar-refractivity contribution in [1.29, 1.82) is 0 Å². The third kappa shape index (κ3) is 2.32. The van der Waals surface area contributed by atoms with E-state index in [4.69, 9.17) is 11.6 Å². The van der Waals surface area contributed by atoms with Gasteiger partial charge in [-0.2, -0.15) is 0 Å². The average Bonchev–Trinajstić information content (AvgIpc) is 2.81. The Morgan fingerprint density at radius 1 is 1.05 bits per heavy atom. The predicted molar refractivity (Wildman–Crippen MR) is 85.2 cm³/mol. The Balaban J connectivity index is 2.17. The Morgan fingerprint density at radius 2 is 1.80 bits per heavy atom. The highest BCUT2D eigenvalue weighted by molar-refractivity contribution is 6.33. The fourth-order valence-corrected chi connectivity index (χ4v) is 2.46. The van der Waals surface area contributed by atoms with E-state index in [1.54, 1.807) is 0 Å². The molecule has 3 heteroatoms. The van der Waals surface area contributed by atoms with E-state index >= 15 is 0 Å². The fourth-order valence-electron chi connectivity index (χ4n) is 2.25. The fraction of sp³-hybridized carbons (Fsp3) is 0.235. The van der Waals surface area contributed by atoms with Gasteiger partial charge >= 0.3 is 0 Å². The zero-order valence-corrected chi connectivity index (χ0v) is 12.6. The van der Waals surface area contributed by atoms with Crippen molar-refractivity contribution < 1.29 is 0 Å². The molecule has 1 heterocycles. The molecule has 0 aliphatic rings. The van der Waals surface area contributed by atoms with E-state index in [9.17, 15) is 0 Å². The Kier molecular flexibility index (Phi) is 3.06. The van der Waals surface area contributed by atoms with Gasteiger partial charge in [-0.05, 0) is 35.2 Å². The first-order valence-electron chi connectivity index (χ1n) is 6.70. The summed E-state index contributed by atoms with van der Waals surface area (Å²) in [4.78, 5) is 7.96. The summed E-state index contributed by atoms with van der Waals surface area (Å²) >= 11 is 6.35. The molecule has 0 radical (unpaired) electrons. The van der Waals surface area contributed by atoms with E-state index in [1.165, 1.54) is 5.56 Å². The molecular formula is C17H17ClN2. The molecule has 20 heavy (non-hydrogen) atoms. The van der Waals surface area contributed by atoms with Crippen LogP contribution in [0, 0.1) is 0 Å². The zero-order valence-electron chi connectivity index (χ0n) is 11.9. The van der Waals surface area contributed by atoms with Crippen molar-refractivity contribution >= 4 is 22.6 Å². The first kappa shape index (κ1) is 13.2. The number of halogens is 1. The largest absolute Gasteiger partial charge is 0.338 e. The number of aromatic amines is 1. The van der Waals surface area contributed by atoms with Crippen LogP contribution < -0.4 is 0 Å². The summed E-state index contributed by atoms with van der Waals surface area (Å²) in [6.07, 6.45) is 0. The summed E-state index contributed by atoms with van der Waals surface area (Å²) in [7, 11) is 0. The quantitative estimate of drug-likeness (QED) is 0.655. The summed E-state index contributed by atoms with van der Waals surface area (Å²) in [5, 5.41) is 0.719. The number of aromatic nitrogens is 2.